The summed E-state index contributed by atoms with van der Waals surface area (Å²) in [6, 6.07) is 9.73. The predicted molar refractivity (Wildman–Crippen MR) is 131 cm³/mol. The van der Waals surface area contributed by atoms with Crippen molar-refractivity contribution in [3.05, 3.63) is 66.4 Å². The summed E-state index contributed by atoms with van der Waals surface area (Å²) in [4.78, 5) is 9.74. The average Bonchev–Trinajstić information content (AvgIpc) is 3.39. The number of rotatable bonds is 9. The number of imidazole rings is 1. The van der Waals surface area contributed by atoms with Crippen LogP contribution in [0.3, 0.4) is 0 Å². The third kappa shape index (κ3) is 6.74. The number of oxime groups is 1. The van der Waals surface area contributed by atoms with Crippen molar-refractivity contribution in [1.29, 1.82) is 0 Å². The summed E-state index contributed by atoms with van der Waals surface area (Å²) in [5.74, 6) is -0.909. The lowest BCUT2D eigenvalue weighted by molar-refractivity contribution is -0.305. The highest BCUT2D eigenvalue weighted by atomic mass is 19.4. The SMILES string of the molecule is CO[C@@H]1[C@@H](OC)[C@H](C)O[C@@H](O/N=C\c2ccc(-c3cn(-c4ccc(OC(F)(F)F)cc4)cn3)cc2F)[C@@H]1OC. The molecule has 9 nitrogen and oxygen atoms in total. The van der Waals surface area contributed by atoms with E-state index in [2.05, 4.69) is 14.9 Å². The zero-order valence-corrected chi connectivity index (χ0v) is 21.5. The van der Waals surface area contributed by atoms with Gasteiger partial charge in [-0.1, -0.05) is 11.2 Å². The van der Waals surface area contributed by atoms with E-state index in [0.29, 0.717) is 16.9 Å². The minimum Gasteiger partial charge on any atom is -0.406 e. The third-order valence-corrected chi connectivity index (χ3v) is 6.15. The van der Waals surface area contributed by atoms with Gasteiger partial charge in [0.15, 0.2) is 6.10 Å². The maximum atomic E-state index is 14.8. The van der Waals surface area contributed by atoms with Gasteiger partial charge >= 0.3 is 6.36 Å². The maximum absolute atomic E-state index is 14.8. The molecule has 0 aliphatic carbocycles. The van der Waals surface area contributed by atoms with Gasteiger partial charge in [-0.05, 0) is 43.3 Å². The lowest BCUT2D eigenvalue weighted by Crippen LogP contribution is -2.59. The van der Waals surface area contributed by atoms with Crippen molar-refractivity contribution in [1.82, 2.24) is 9.55 Å². The number of hydrogen-bond acceptors (Lipinski definition) is 8. The molecule has 0 radical (unpaired) electrons. The zero-order valence-electron chi connectivity index (χ0n) is 21.5. The number of benzene rings is 2. The fourth-order valence-corrected chi connectivity index (χ4v) is 4.27. The van der Waals surface area contributed by atoms with E-state index in [0.717, 1.165) is 0 Å². The van der Waals surface area contributed by atoms with Gasteiger partial charge in [-0.25, -0.2) is 9.37 Å². The minimum atomic E-state index is -4.77. The number of alkyl halides is 3. The molecule has 39 heavy (non-hydrogen) atoms. The fraction of sp³-hybridized carbons (Fsp3) is 0.385. The summed E-state index contributed by atoms with van der Waals surface area (Å²) in [7, 11) is 4.57. The van der Waals surface area contributed by atoms with Crippen molar-refractivity contribution >= 4 is 6.21 Å². The number of hydrogen-bond donors (Lipinski definition) is 0. The Morgan fingerprint density at radius 3 is 2.28 bits per heavy atom. The van der Waals surface area contributed by atoms with E-state index < -0.39 is 30.7 Å². The number of aromatic nitrogens is 2. The van der Waals surface area contributed by atoms with Gasteiger partial charge in [0.05, 0.1) is 24.3 Å². The van der Waals surface area contributed by atoms with E-state index in [1.807, 2.05) is 6.92 Å². The molecule has 5 atom stereocenters. The predicted octanol–water partition coefficient (Wildman–Crippen LogP) is 4.72. The van der Waals surface area contributed by atoms with Crippen molar-refractivity contribution in [3.8, 4) is 22.7 Å². The largest absolute Gasteiger partial charge is 0.573 e. The molecule has 0 amide bonds. The molecule has 0 spiro atoms. The molecule has 4 rings (SSSR count). The Bertz CT molecular complexity index is 1270. The van der Waals surface area contributed by atoms with Crippen molar-refractivity contribution in [3.63, 3.8) is 0 Å². The lowest BCUT2D eigenvalue weighted by atomic mass is 9.99. The Morgan fingerprint density at radius 2 is 1.67 bits per heavy atom. The summed E-state index contributed by atoms with van der Waals surface area (Å²) >= 11 is 0. The Kier molecular flexibility index (Phi) is 8.85. The van der Waals surface area contributed by atoms with Crippen LogP contribution in [0.15, 0.2) is 60.1 Å². The molecule has 1 aliphatic rings. The van der Waals surface area contributed by atoms with Gasteiger partial charge in [-0.15, -0.1) is 13.2 Å². The standard InChI is InChI=1S/C26H27F4N3O6/c1-15-22(34-2)23(35-3)24(36-4)25(37-15)39-32-12-17-6-5-16(11-20(17)27)21-13-33(14-31-21)18-7-9-19(10-8-18)38-26(28,29)30/h5-15,22-25H,1-4H3/b32-12-/t15-,22-,23+,24+,25-/m0/s1. The Hall–Kier alpha value is -3.52. The molecule has 3 aromatic rings. The van der Waals surface area contributed by atoms with Gasteiger partial charge in [0, 0.05) is 44.3 Å². The van der Waals surface area contributed by atoms with E-state index in [-0.39, 0.29) is 23.5 Å². The molecule has 1 aromatic heterocycles. The lowest BCUT2D eigenvalue weighted by Gasteiger charge is -2.42. The Balaban J connectivity index is 1.42. The van der Waals surface area contributed by atoms with Gasteiger partial charge < -0.3 is 33.1 Å². The first kappa shape index (κ1) is 28.5. The molecule has 210 valence electrons. The summed E-state index contributed by atoms with van der Waals surface area (Å²) in [6.45, 7) is 1.81. The van der Waals surface area contributed by atoms with Crippen molar-refractivity contribution < 1.29 is 46.1 Å². The highest BCUT2D eigenvalue weighted by Gasteiger charge is 2.47. The third-order valence-electron chi connectivity index (χ3n) is 6.15. The van der Waals surface area contributed by atoms with Gasteiger partial charge in [0.1, 0.15) is 23.8 Å². The molecular formula is C26H27F4N3O6. The quantitative estimate of drug-likeness (QED) is 0.215. The fourth-order valence-electron chi connectivity index (χ4n) is 4.27. The van der Waals surface area contributed by atoms with Crippen LogP contribution in [0, 0.1) is 5.82 Å². The molecule has 13 heteroatoms. The topological polar surface area (TPSA) is 85.6 Å². The highest BCUT2D eigenvalue weighted by molar-refractivity contribution is 5.80. The molecule has 2 heterocycles. The zero-order chi connectivity index (χ0) is 28.2. The van der Waals surface area contributed by atoms with Crippen LogP contribution < -0.4 is 4.74 Å². The molecular weight excluding hydrogens is 526 g/mol. The molecule has 1 aliphatic heterocycles. The van der Waals surface area contributed by atoms with Gasteiger partial charge in [0.2, 0.25) is 0 Å². The molecule has 1 fully saturated rings. The molecule has 0 saturated carbocycles. The maximum Gasteiger partial charge on any atom is 0.573 e. The summed E-state index contributed by atoms with van der Waals surface area (Å²) in [5.41, 5.74) is 1.65. The van der Waals surface area contributed by atoms with Gasteiger partial charge in [-0.3, -0.25) is 0 Å². The van der Waals surface area contributed by atoms with Crippen LogP contribution in [0.25, 0.3) is 16.9 Å². The van der Waals surface area contributed by atoms with Crippen molar-refractivity contribution in [2.75, 3.05) is 21.3 Å². The van der Waals surface area contributed by atoms with Crippen LogP contribution in [0.2, 0.25) is 0 Å². The molecule has 0 unspecified atom stereocenters. The Morgan fingerprint density at radius 1 is 0.974 bits per heavy atom. The number of halogens is 4. The van der Waals surface area contributed by atoms with Crippen LogP contribution in [0.5, 0.6) is 5.75 Å². The number of ether oxygens (including phenoxy) is 5. The second-order valence-corrected chi connectivity index (χ2v) is 8.59. The van der Waals surface area contributed by atoms with Gasteiger partial charge in [0.25, 0.3) is 6.29 Å². The first-order valence-corrected chi connectivity index (χ1v) is 11.8. The van der Waals surface area contributed by atoms with Crippen LogP contribution in [0.1, 0.15) is 12.5 Å². The summed E-state index contributed by atoms with van der Waals surface area (Å²) in [5, 5.41) is 3.89. The molecule has 0 N–H and O–H groups in total. The summed E-state index contributed by atoms with van der Waals surface area (Å²) < 4.78 is 79.7. The van der Waals surface area contributed by atoms with Crippen molar-refractivity contribution in [2.45, 2.75) is 44.0 Å². The average molecular weight is 554 g/mol. The highest BCUT2D eigenvalue weighted by Crippen LogP contribution is 2.28. The van der Waals surface area contributed by atoms with E-state index in [9.17, 15) is 17.6 Å². The first-order chi connectivity index (χ1) is 18.6. The second-order valence-electron chi connectivity index (χ2n) is 8.59. The monoisotopic (exact) mass is 553 g/mol. The normalized spacial score (nSPS) is 23.7. The molecule has 2 aromatic carbocycles. The van der Waals surface area contributed by atoms with E-state index in [1.54, 1.807) is 23.9 Å². The minimum absolute atomic E-state index is 0.161. The van der Waals surface area contributed by atoms with Crippen molar-refractivity contribution in [2.24, 2.45) is 5.16 Å². The van der Waals surface area contributed by atoms with E-state index in [1.165, 1.54) is 63.2 Å². The smallest absolute Gasteiger partial charge is 0.406 e. The molecule has 1 saturated heterocycles. The van der Waals surface area contributed by atoms with Gasteiger partial charge in [-0.2, -0.15) is 0 Å². The van der Waals surface area contributed by atoms with E-state index >= 15 is 0 Å². The second kappa shape index (κ2) is 12.1. The molecule has 0 bridgehead atoms. The first-order valence-electron chi connectivity index (χ1n) is 11.8. The number of methoxy groups -OCH3 is 3. The van der Waals surface area contributed by atoms with Crippen LogP contribution in [-0.4, -0.2) is 74.2 Å². The van der Waals surface area contributed by atoms with Crippen LogP contribution >= 0.6 is 0 Å². The summed E-state index contributed by atoms with van der Waals surface area (Å²) in [6.07, 6.45) is -3.22. The number of nitrogens with zero attached hydrogens (tertiary/aromatic N) is 3. The Labute approximate surface area is 221 Å². The van der Waals surface area contributed by atoms with Crippen LogP contribution in [-0.2, 0) is 23.8 Å². The van der Waals surface area contributed by atoms with E-state index in [4.69, 9.17) is 23.8 Å². The van der Waals surface area contributed by atoms with Crippen LogP contribution in [0.4, 0.5) is 17.6 Å².